The minimum atomic E-state index is -4.67. The third-order valence-corrected chi connectivity index (χ3v) is 3.44. The molecule has 0 heterocycles. The van der Waals surface area contributed by atoms with Crippen LogP contribution in [-0.2, 0) is 10.4 Å². The van der Waals surface area contributed by atoms with Gasteiger partial charge in [0.1, 0.15) is 0 Å². The van der Waals surface area contributed by atoms with Gasteiger partial charge in [0, 0.05) is 9.79 Å². The first-order chi connectivity index (χ1) is 12.0. The standard InChI is InChI=1S/C14H16N6S.H2O4S/c15-13(16)19-9-1-5-11(6-2-9)21-12-7-3-10(4-8-12)20-14(17)18;1-5(2,3)4/h1-8H,(H4,15,16,19)(H4,17,18,20);(H2,1,2,3,4). The van der Waals surface area contributed by atoms with Crippen LogP contribution in [0.15, 0.2) is 68.3 Å². The van der Waals surface area contributed by atoms with Gasteiger partial charge in [0.25, 0.3) is 0 Å². The van der Waals surface area contributed by atoms with E-state index in [2.05, 4.69) is 9.98 Å². The predicted molar refractivity (Wildman–Crippen MR) is 102 cm³/mol. The summed E-state index contributed by atoms with van der Waals surface area (Å²) in [6, 6.07) is 15.2. The first-order valence-electron chi connectivity index (χ1n) is 6.80. The van der Waals surface area contributed by atoms with Crippen molar-refractivity contribution in [1.29, 1.82) is 0 Å². The van der Waals surface area contributed by atoms with Gasteiger partial charge in [-0.15, -0.1) is 0 Å². The third-order valence-electron chi connectivity index (χ3n) is 2.43. The SMILES string of the molecule is NC(N)=Nc1ccc(Sc2ccc(N=C(N)N)cc2)cc1.O=S(=O)(O)O. The Bertz CT molecular complexity index is 805. The summed E-state index contributed by atoms with van der Waals surface area (Å²) in [6.07, 6.45) is 0. The lowest BCUT2D eigenvalue weighted by atomic mass is 10.3. The third kappa shape index (κ3) is 10.1. The number of aliphatic imine (C=N–C) groups is 2. The molecule has 0 spiro atoms. The van der Waals surface area contributed by atoms with Gasteiger partial charge < -0.3 is 22.9 Å². The summed E-state index contributed by atoms with van der Waals surface area (Å²) in [5.41, 5.74) is 22.8. The molecule has 0 aliphatic rings. The quantitative estimate of drug-likeness (QED) is 0.246. The fourth-order valence-corrected chi connectivity index (χ4v) is 2.43. The molecule has 10 N–H and O–H groups in total. The van der Waals surface area contributed by atoms with E-state index in [1.165, 1.54) is 0 Å². The summed E-state index contributed by atoms with van der Waals surface area (Å²) in [5.74, 6) is 0.0939. The second kappa shape index (κ2) is 9.62. The maximum Gasteiger partial charge on any atom is 0.394 e. The van der Waals surface area contributed by atoms with Crippen LogP contribution in [0.25, 0.3) is 0 Å². The summed E-state index contributed by atoms with van der Waals surface area (Å²) in [4.78, 5) is 10.1. The topological polar surface area (TPSA) is 203 Å². The lowest BCUT2D eigenvalue weighted by Crippen LogP contribution is -2.21. The molecule has 0 aromatic heterocycles. The van der Waals surface area contributed by atoms with Gasteiger partial charge in [-0.1, -0.05) is 11.8 Å². The summed E-state index contributed by atoms with van der Waals surface area (Å²) in [7, 11) is -4.67. The molecule has 0 aliphatic carbocycles. The average molecular weight is 398 g/mol. The zero-order chi connectivity index (χ0) is 19.7. The van der Waals surface area contributed by atoms with Crippen LogP contribution in [0, 0.1) is 0 Å². The van der Waals surface area contributed by atoms with E-state index >= 15 is 0 Å². The Morgan fingerprint density at radius 1 is 0.731 bits per heavy atom. The molecule has 0 aliphatic heterocycles. The van der Waals surface area contributed by atoms with Crippen LogP contribution in [-0.4, -0.2) is 29.4 Å². The molecule has 0 fully saturated rings. The van der Waals surface area contributed by atoms with Crippen LogP contribution in [0.2, 0.25) is 0 Å². The zero-order valence-corrected chi connectivity index (χ0v) is 15.0. The van der Waals surface area contributed by atoms with Gasteiger partial charge in [-0.25, -0.2) is 9.98 Å². The van der Waals surface area contributed by atoms with Gasteiger partial charge in [0.05, 0.1) is 11.4 Å². The molecule has 2 aromatic rings. The summed E-state index contributed by atoms with van der Waals surface area (Å²) >= 11 is 1.62. The van der Waals surface area contributed by atoms with Crippen LogP contribution >= 0.6 is 11.8 Å². The van der Waals surface area contributed by atoms with E-state index in [0.29, 0.717) is 0 Å². The van der Waals surface area contributed by atoms with E-state index < -0.39 is 10.4 Å². The van der Waals surface area contributed by atoms with Crippen molar-refractivity contribution < 1.29 is 17.5 Å². The van der Waals surface area contributed by atoms with Crippen LogP contribution in [0.5, 0.6) is 0 Å². The molecule has 2 rings (SSSR count). The van der Waals surface area contributed by atoms with Crippen molar-refractivity contribution in [1.82, 2.24) is 0 Å². The first-order valence-corrected chi connectivity index (χ1v) is 9.01. The molecule has 0 saturated carbocycles. The van der Waals surface area contributed by atoms with Crippen molar-refractivity contribution >= 4 is 45.5 Å². The Hall–Kier alpha value is -2.80. The van der Waals surface area contributed by atoms with Crippen LogP contribution in [0.4, 0.5) is 11.4 Å². The number of guanidine groups is 2. The number of rotatable bonds is 4. The van der Waals surface area contributed by atoms with Gasteiger partial charge in [-0.2, -0.15) is 8.42 Å². The Labute approximate surface area is 154 Å². The Morgan fingerprint density at radius 2 is 1.00 bits per heavy atom. The summed E-state index contributed by atoms with van der Waals surface area (Å²) in [6.45, 7) is 0. The van der Waals surface area contributed by atoms with Crippen LogP contribution < -0.4 is 22.9 Å². The van der Waals surface area contributed by atoms with E-state index in [1.54, 1.807) is 11.8 Å². The minimum absolute atomic E-state index is 0.0470. The molecule has 12 heteroatoms. The van der Waals surface area contributed by atoms with Gasteiger partial charge >= 0.3 is 10.4 Å². The smallest absolute Gasteiger partial charge is 0.370 e. The van der Waals surface area contributed by atoms with Gasteiger partial charge in [0.2, 0.25) is 0 Å². The fourth-order valence-electron chi connectivity index (χ4n) is 1.61. The highest BCUT2D eigenvalue weighted by molar-refractivity contribution is 7.99. The summed E-state index contributed by atoms with van der Waals surface area (Å²) < 4.78 is 31.6. The van der Waals surface area contributed by atoms with E-state index in [4.69, 9.17) is 40.5 Å². The molecule has 0 bridgehead atoms. The number of hydrogen-bond donors (Lipinski definition) is 6. The van der Waals surface area contributed by atoms with E-state index in [-0.39, 0.29) is 11.9 Å². The van der Waals surface area contributed by atoms with Crippen LogP contribution in [0.1, 0.15) is 0 Å². The van der Waals surface area contributed by atoms with E-state index in [9.17, 15) is 0 Å². The number of benzene rings is 2. The maximum absolute atomic E-state index is 8.74. The van der Waals surface area contributed by atoms with E-state index in [0.717, 1.165) is 21.2 Å². The minimum Gasteiger partial charge on any atom is -0.370 e. The number of nitrogens with zero attached hydrogens (tertiary/aromatic N) is 2. The van der Waals surface area contributed by atoms with Crippen molar-refractivity contribution in [2.75, 3.05) is 0 Å². The lowest BCUT2D eigenvalue weighted by Gasteiger charge is -2.03. The Balaban J connectivity index is 0.000000597. The highest BCUT2D eigenvalue weighted by Crippen LogP contribution is 2.30. The average Bonchev–Trinajstić information content (AvgIpc) is 2.48. The van der Waals surface area contributed by atoms with Gasteiger partial charge in [0.15, 0.2) is 11.9 Å². The molecule has 10 nitrogen and oxygen atoms in total. The predicted octanol–water partition coefficient (Wildman–Crippen LogP) is 0.995. The molecule has 0 amide bonds. The summed E-state index contributed by atoms with van der Waals surface area (Å²) in [5, 5.41) is 0. The second-order valence-electron chi connectivity index (χ2n) is 4.61. The number of hydrogen-bond acceptors (Lipinski definition) is 5. The monoisotopic (exact) mass is 398 g/mol. The fraction of sp³-hybridized carbons (Fsp3) is 0. The molecule has 26 heavy (non-hydrogen) atoms. The van der Waals surface area contributed by atoms with Crippen molar-refractivity contribution in [2.45, 2.75) is 9.79 Å². The largest absolute Gasteiger partial charge is 0.394 e. The number of nitrogens with two attached hydrogens (primary N) is 4. The molecule has 0 radical (unpaired) electrons. The lowest BCUT2D eigenvalue weighted by molar-refractivity contribution is 0.381. The normalized spacial score (nSPS) is 10.2. The van der Waals surface area contributed by atoms with Crippen molar-refractivity contribution in [2.24, 2.45) is 32.9 Å². The first kappa shape index (κ1) is 21.2. The van der Waals surface area contributed by atoms with Crippen molar-refractivity contribution in [3.8, 4) is 0 Å². The van der Waals surface area contributed by atoms with E-state index in [1.807, 2.05) is 48.5 Å². The highest BCUT2D eigenvalue weighted by Gasteiger charge is 1.99. The Morgan fingerprint density at radius 3 is 1.23 bits per heavy atom. The Kier molecular flexibility index (Phi) is 7.86. The molecule has 0 unspecified atom stereocenters. The van der Waals surface area contributed by atoms with Gasteiger partial charge in [-0.05, 0) is 48.5 Å². The molecule has 0 atom stereocenters. The molecule has 0 saturated heterocycles. The van der Waals surface area contributed by atoms with Gasteiger partial charge in [-0.3, -0.25) is 9.11 Å². The maximum atomic E-state index is 8.74. The second-order valence-corrected chi connectivity index (χ2v) is 6.65. The zero-order valence-electron chi connectivity index (χ0n) is 13.4. The molecule has 140 valence electrons. The van der Waals surface area contributed by atoms with Crippen molar-refractivity contribution in [3.05, 3.63) is 48.5 Å². The highest BCUT2D eigenvalue weighted by atomic mass is 32.3. The van der Waals surface area contributed by atoms with Crippen LogP contribution in [0.3, 0.4) is 0 Å². The van der Waals surface area contributed by atoms with Crippen molar-refractivity contribution in [3.63, 3.8) is 0 Å². The molecular formula is C14H18N6O4S2. The molecule has 2 aromatic carbocycles. The molecular weight excluding hydrogens is 380 g/mol.